The second kappa shape index (κ2) is 4.70. The summed E-state index contributed by atoms with van der Waals surface area (Å²) in [5, 5.41) is 11.6. The van der Waals surface area contributed by atoms with E-state index in [4.69, 9.17) is 10.8 Å². The number of amides is 1. The van der Waals surface area contributed by atoms with Gasteiger partial charge in [-0.05, 0) is 24.4 Å². The Balaban J connectivity index is 2.11. The Labute approximate surface area is 102 Å². The summed E-state index contributed by atoms with van der Waals surface area (Å²) < 4.78 is 3.80. The highest BCUT2D eigenvalue weighted by Gasteiger charge is 2.24. The van der Waals surface area contributed by atoms with Crippen LogP contribution >= 0.6 is 11.5 Å². The number of carboxylic acid groups (broad SMARTS) is 1. The van der Waals surface area contributed by atoms with Crippen LogP contribution in [0, 0.1) is 0 Å². The van der Waals surface area contributed by atoms with Crippen molar-refractivity contribution in [2.45, 2.75) is 31.7 Å². The van der Waals surface area contributed by atoms with Crippen molar-refractivity contribution in [3.8, 4) is 0 Å². The highest BCUT2D eigenvalue weighted by molar-refractivity contribution is 7.08. The minimum atomic E-state index is -1.15. The van der Waals surface area contributed by atoms with Crippen molar-refractivity contribution in [1.29, 1.82) is 0 Å². The number of carbonyl (C=O) groups is 2. The molecule has 0 saturated heterocycles. The largest absolute Gasteiger partial charge is 0.477 e. The molecule has 4 N–H and O–H groups in total. The van der Waals surface area contributed by atoms with Crippen LogP contribution < -0.4 is 11.1 Å². The van der Waals surface area contributed by atoms with Gasteiger partial charge in [-0.1, -0.05) is 12.8 Å². The molecule has 1 aliphatic carbocycles. The lowest BCUT2D eigenvalue weighted by molar-refractivity contribution is 0.0703. The summed E-state index contributed by atoms with van der Waals surface area (Å²) in [5.41, 5.74) is 5.57. The fraction of sp³-hybridized carbons (Fsp3) is 0.500. The number of carbonyl (C=O) groups excluding carboxylic acids is 1. The Morgan fingerprint density at radius 2 is 2.06 bits per heavy atom. The molecule has 1 saturated carbocycles. The Bertz CT molecular complexity index is 452. The minimum Gasteiger partial charge on any atom is -0.477 e. The van der Waals surface area contributed by atoms with E-state index in [0.717, 1.165) is 37.2 Å². The molecule has 0 aliphatic heterocycles. The lowest BCUT2D eigenvalue weighted by atomic mass is 10.2. The number of nitrogens with two attached hydrogens (primary N) is 1. The molecule has 17 heavy (non-hydrogen) atoms. The molecule has 1 heterocycles. The smallest absolute Gasteiger partial charge is 0.349 e. The van der Waals surface area contributed by atoms with Crippen LogP contribution in [-0.2, 0) is 0 Å². The van der Waals surface area contributed by atoms with E-state index in [1.807, 2.05) is 0 Å². The molecule has 0 unspecified atom stereocenters. The summed E-state index contributed by atoms with van der Waals surface area (Å²) in [5.74, 6) is -1.53. The molecule has 1 aromatic rings. The molecule has 0 radical (unpaired) electrons. The number of carboxylic acids is 1. The molecule has 0 bridgehead atoms. The van der Waals surface area contributed by atoms with E-state index in [9.17, 15) is 9.59 Å². The van der Waals surface area contributed by atoms with E-state index in [2.05, 4.69) is 9.69 Å². The molecule has 1 amide bonds. The number of nitrogens with zero attached hydrogens (tertiary/aromatic N) is 1. The van der Waals surface area contributed by atoms with Gasteiger partial charge in [-0.15, -0.1) is 0 Å². The third kappa shape index (κ3) is 2.38. The summed E-state index contributed by atoms with van der Waals surface area (Å²) in [6.07, 6.45) is 4.14. The second-order valence-corrected chi connectivity index (χ2v) is 4.81. The van der Waals surface area contributed by atoms with Gasteiger partial charge in [-0.3, -0.25) is 4.79 Å². The Morgan fingerprint density at radius 1 is 1.41 bits per heavy atom. The number of aromatic nitrogens is 1. The van der Waals surface area contributed by atoms with E-state index in [1.54, 1.807) is 0 Å². The molecule has 1 aromatic heterocycles. The molecule has 1 aliphatic rings. The molecule has 92 valence electrons. The first-order valence-electron chi connectivity index (χ1n) is 5.39. The van der Waals surface area contributed by atoms with Crippen LogP contribution in [0.15, 0.2) is 0 Å². The topological polar surface area (TPSA) is 105 Å². The third-order valence-electron chi connectivity index (χ3n) is 2.83. The van der Waals surface area contributed by atoms with Gasteiger partial charge in [0.2, 0.25) is 0 Å². The summed E-state index contributed by atoms with van der Waals surface area (Å²) >= 11 is 0.735. The van der Waals surface area contributed by atoms with E-state index < -0.39 is 5.97 Å². The first-order chi connectivity index (χ1) is 8.09. The summed E-state index contributed by atoms with van der Waals surface area (Å²) in [6.45, 7) is 0. The van der Waals surface area contributed by atoms with Crippen LogP contribution in [0.3, 0.4) is 0 Å². The maximum Gasteiger partial charge on any atom is 0.349 e. The fourth-order valence-corrected chi connectivity index (χ4v) is 2.58. The van der Waals surface area contributed by atoms with Gasteiger partial charge in [0.25, 0.3) is 5.91 Å². The van der Waals surface area contributed by atoms with Crippen LogP contribution in [0.25, 0.3) is 0 Å². The molecular weight excluding hydrogens is 242 g/mol. The maximum absolute atomic E-state index is 11.8. The van der Waals surface area contributed by atoms with Gasteiger partial charge in [0.15, 0.2) is 10.6 Å². The van der Waals surface area contributed by atoms with Crippen molar-refractivity contribution in [2.24, 2.45) is 0 Å². The van der Waals surface area contributed by atoms with Crippen molar-refractivity contribution in [3.05, 3.63) is 10.6 Å². The molecule has 2 rings (SSSR count). The molecule has 0 aromatic carbocycles. The van der Waals surface area contributed by atoms with Crippen molar-refractivity contribution in [1.82, 2.24) is 9.69 Å². The van der Waals surface area contributed by atoms with Gasteiger partial charge < -0.3 is 16.2 Å². The molecule has 0 spiro atoms. The number of nitrogens with one attached hydrogen (secondary N) is 1. The van der Waals surface area contributed by atoms with Crippen molar-refractivity contribution < 1.29 is 14.7 Å². The van der Waals surface area contributed by atoms with Crippen LogP contribution in [0.2, 0.25) is 0 Å². The normalized spacial score (nSPS) is 16.0. The Morgan fingerprint density at radius 3 is 2.59 bits per heavy atom. The van der Waals surface area contributed by atoms with Gasteiger partial charge in [0, 0.05) is 6.04 Å². The van der Waals surface area contributed by atoms with E-state index in [1.165, 1.54) is 0 Å². The number of hydrogen-bond donors (Lipinski definition) is 3. The van der Waals surface area contributed by atoms with Crippen molar-refractivity contribution in [2.75, 3.05) is 5.73 Å². The van der Waals surface area contributed by atoms with Gasteiger partial charge >= 0.3 is 5.97 Å². The predicted molar refractivity (Wildman–Crippen MR) is 63.2 cm³/mol. The SMILES string of the molecule is Nc1c(C(=O)NC2CCCC2)nsc1C(=O)O. The Kier molecular flexibility index (Phi) is 3.28. The maximum atomic E-state index is 11.8. The number of aromatic carboxylic acids is 1. The van der Waals surface area contributed by atoms with Crippen LogP contribution in [0.5, 0.6) is 0 Å². The third-order valence-corrected chi connectivity index (χ3v) is 3.68. The summed E-state index contributed by atoms with van der Waals surface area (Å²) in [7, 11) is 0. The highest BCUT2D eigenvalue weighted by Crippen LogP contribution is 2.23. The van der Waals surface area contributed by atoms with Crippen molar-refractivity contribution in [3.63, 3.8) is 0 Å². The number of rotatable bonds is 3. The molecule has 1 fully saturated rings. The van der Waals surface area contributed by atoms with Gasteiger partial charge in [0.1, 0.15) is 0 Å². The molecular formula is C10H13N3O3S. The summed E-state index contributed by atoms with van der Waals surface area (Å²) in [6, 6.07) is 0.164. The lowest BCUT2D eigenvalue weighted by Crippen LogP contribution is -2.33. The fourth-order valence-electron chi connectivity index (χ4n) is 1.94. The zero-order chi connectivity index (χ0) is 12.4. The standard InChI is InChI=1S/C10H13N3O3S/c11-6-7(13-17-8(6)10(15)16)9(14)12-5-3-1-2-4-5/h5H,1-4,11H2,(H,12,14)(H,15,16). The van der Waals surface area contributed by atoms with Crippen LogP contribution in [0.1, 0.15) is 45.8 Å². The van der Waals surface area contributed by atoms with Gasteiger partial charge in [-0.25, -0.2) is 4.79 Å². The lowest BCUT2D eigenvalue weighted by Gasteiger charge is -2.10. The number of anilines is 1. The average Bonchev–Trinajstić information content (AvgIpc) is 2.86. The van der Waals surface area contributed by atoms with Gasteiger partial charge in [-0.2, -0.15) is 4.37 Å². The second-order valence-electron chi connectivity index (χ2n) is 4.03. The summed E-state index contributed by atoms with van der Waals surface area (Å²) in [4.78, 5) is 22.5. The molecule has 6 nitrogen and oxygen atoms in total. The van der Waals surface area contributed by atoms with Crippen molar-refractivity contribution >= 4 is 29.1 Å². The number of nitrogen functional groups attached to an aromatic ring is 1. The zero-order valence-electron chi connectivity index (χ0n) is 9.10. The quantitative estimate of drug-likeness (QED) is 0.750. The first kappa shape index (κ1) is 11.8. The van der Waals surface area contributed by atoms with E-state index in [-0.39, 0.29) is 28.2 Å². The van der Waals surface area contributed by atoms with E-state index in [0.29, 0.717) is 0 Å². The average molecular weight is 255 g/mol. The Hall–Kier alpha value is -1.63. The molecule has 0 atom stereocenters. The van der Waals surface area contributed by atoms with E-state index >= 15 is 0 Å². The van der Waals surface area contributed by atoms with Crippen LogP contribution in [-0.4, -0.2) is 27.4 Å². The highest BCUT2D eigenvalue weighted by atomic mass is 32.1. The predicted octanol–water partition coefficient (Wildman–Crippen LogP) is 1.10. The number of hydrogen-bond acceptors (Lipinski definition) is 5. The monoisotopic (exact) mass is 255 g/mol. The minimum absolute atomic E-state index is 0.0271. The van der Waals surface area contributed by atoms with Crippen LogP contribution in [0.4, 0.5) is 5.69 Å². The zero-order valence-corrected chi connectivity index (χ0v) is 9.92. The first-order valence-corrected chi connectivity index (χ1v) is 6.16. The van der Waals surface area contributed by atoms with Gasteiger partial charge in [0.05, 0.1) is 5.69 Å². The molecule has 7 heteroatoms.